The molecular weight excluding hydrogens is 438 g/mol. The summed E-state index contributed by atoms with van der Waals surface area (Å²) in [6.45, 7) is 3.88. The second-order valence-electron chi connectivity index (χ2n) is 8.40. The maximum Gasteiger partial charge on any atom is 0.167 e. The minimum Gasteiger partial charge on any atom is -0.365 e. The van der Waals surface area contributed by atoms with Gasteiger partial charge >= 0.3 is 0 Å². The molecule has 0 amide bonds. The largest absolute Gasteiger partial charge is 0.365 e. The van der Waals surface area contributed by atoms with Crippen LogP contribution in [0.25, 0.3) is 11.2 Å². The van der Waals surface area contributed by atoms with Crippen molar-refractivity contribution >= 4 is 32.9 Å². The van der Waals surface area contributed by atoms with Gasteiger partial charge in [-0.25, -0.2) is 15.0 Å². The van der Waals surface area contributed by atoms with Crippen molar-refractivity contribution in [3.8, 4) is 0 Å². The molecule has 2 aromatic heterocycles. The number of anilines is 1. The third kappa shape index (κ3) is 3.58. The van der Waals surface area contributed by atoms with Gasteiger partial charge in [0.05, 0.1) is 12.4 Å². The third-order valence-corrected chi connectivity index (χ3v) is 6.29. The number of hydrogen-bond acceptors (Lipinski definition) is 7. The monoisotopic (exact) mass is 463 g/mol. The molecule has 0 radical (unpaired) electrons. The molecule has 2 aliphatic heterocycles. The van der Waals surface area contributed by atoms with Gasteiger partial charge in [-0.2, -0.15) is 0 Å². The van der Waals surface area contributed by atoms with Crippen LogP contribution in [0.15, 0.2) is 23.7 Å². The summed E-state index contributed by atoms with van der Waals surface area (Å²) in [6.07, 6.45) is 10.2. The van der Waals surface area contributed by atoms with Crippen molar-refractivity contribution in [1.29, 1.82) is 0 Å². The van der Waals surface area contributed by atoms with Gasteiger partial charge < -0.3 is 19.5 Å². The average molecular weight is 464 g/mol. The summed E-state index contributed by atoms with van der Waals surface area (Å²) >= 11 is 3.33. The lowest BCUT2D eigenvalue weighted by Crippen LogP contribution is -2.29. The van der Waals surface area contributed by atoms with Gasteiger partial charge in [0.25, 0.3) is 0 Å². The van der Waals surface area contributed by atoms with E-state index in [0.29, 0.717) is 6.04 Å². The van der Waals surface area contributed by atoms with Crippen LogP contribution in [-0.2, 0) is 14.2 Å². The predicted molar refractivity (Wildman–Crippen MR) is 112 cm³/mol. The van der Waals surface area contributed by atoms with E-state index in [0.717, 1.165) is 23.4 Å². The molecule has 8 nitrogen and oxygen atoms in total. The Balaban J connectivity index is 1.46. The van der Waals surface area contributed by atoms with Crippen molar-refractivity contribution in [3.05, 3.63) is 23.7 Å². The Hall–Kier alpha value is -1.55. The van der Waals surface area contributed by atoms with Gasteiger partial charge in [0.15, 0.2) is 29.0 Å². The smallest absolute Gasteiger partial charge is 0.167 e. The highest BCUT2D eigenvalue weighted by Gasteiger charge is 2.55. The molecule has 3 fully saturated rings. The lowest BCUT2D eigenvalue weighted by Gasteiger charge is -2.24. The standard InChI is InChI=1S/C20H26BrN5O3/c1-20(2)28-15-13(8-5-9-21)27-19(16(15)29-20)26-11-24-14-17(22-10-23-18(14)26)25-12-6-3-4-7-12/h5,9-13,15-16,19H,3-4,6-8H2,1-2H3,(H,22,23,25). The molecule has 4 unspecified atom stereocenters. The second kappa shape index (κ2) is 7.61. The van der Waals surface area contributed by atoms with Gasteiger partial charge in [0, 0.05) is 6.04 Å². The average Bonchev–Trinajstić information content (AvgIpc) is 3.45. The third-order valence-electron chi connectivity index (χ3n) is 5.91. The summed E-state index contributed by atoms with van der Waals surface area (Å²) in [4.78, 5) is 15.4. The van der Waals surface area contributed by atoms with Crippen molar-refractivity contribution in [2.45, 2.75) is 82.3 Å². The molecule has 4 heterocycles. The molecule has 9 heteroatoms. The fraction of sp³-hybridized carbons (Fsp3) is 0.650. The van der Waals surface area contributed by atoms with E-state index in [4.69, 9.17) is 14.2 Å². The highest BCUT2D eigenvalue weighted by molar-refractivity contribution is 9.11. The Morgan fingerprint density at radius 2 is 2.00 bits per heavy atom. The van der Waals surface area contributed by atoms with Crippen LogP contribution in [0.4, 0.5) is 5.82 Å². The van der Waals surface area contributed by atoms with E-state index in [9.17, 15) is 0 Å². The molecule has 2 saturated heterocycles. The molecule has 1 aliphatic carbocycles. The summed E-state index contributed by atoms with van der Waals surface area (Å²) in [7, 11) is 0. The number of hydrogen-bond donors (Lipinski definition) is 1. The first-order valence-electron chi connectivity index (χ1n) is 10.3. The van der Waals surface area contributed by atoms with E-state index in [1.807, 2.05) is 29.5 Å². The van der Waals surface area contributed by atoms with E-state index in [-0.39, 0.29) is 24.5 Å². The Bertz CT molecular complexity index is 911. The molecule has 0 spiro atoms. The number of halogens is 1. The minimum absolute atomic E-state index is 0.101. The first-order chi connectivity index (χ1) is 14.1. The number of nitrogens with one attached hydrogen (secondary N) is 1. The summed E-state index contributed by atoms with van der Waals surface area (Å²) in [5.74, 6) is 0.145. The maximum absolute atomic E-state index is 6.37. The molecule has 29 heavy (non-hydrogen) atoms. The molecule has 5 rings (SSSR count). The molecule has 2 aromatic rings. The van der Waals surface area contributed by atoms with Crippen LogP contribution in [0.3, 0.4) is 0 Å². The van der Waals surface area contributed by atoms with Gasteiger partial charge in [-0.3, -0.25) is 4.57 Å². The van der Waals surface area contributed by atoms with Crippen LogP contribution in [0.2, 0.25) is 0 Å². The normalized spacial score (nSPS) is 31.8. The van der Waals surface area contributed by atoms with Gasteiger partial charge in [0.2, 0.25) is 0 Å². The Morgan fingerprint density at radius 3 is 2.79 bits per heavy atom. The van der Waals surface area contributed by atoms with Gasteiger partial charge in [-0.05, 0) is 38.1 Å². The van der Waals surface area contributed by atoms with Crippen LogP contribution in [0.1, 0.15) is 52.2 Å². The first kappa shape index (κ1) is 19.4. The molecule has 156 valence electrons. The minimum atomic E-state index is -0.645. The lowest BCUT2D eigenvalue weighted by atomic mass is 10.1. The zero-order valence-electron chi connectivity index (χ0n) is 16.6. The van der Waals surface area contributed by atoms with Gasteiger partial charge in [0.1, 0.15) is 18.5 Å². The zero-order valence-corrected chi connectivity index (χ0v) is 18.2. The predicted octanol–water partition coefficient (Wildman–Crippen LogP) is 3.90. The zero-order chi connectivity index (χ0) is 20.0. The summed E-state index contributed by atoms with van der Waals surface area (Å²) in [5, 5.41) is 3.55. The first-order valence-corrected chi connectivity index (χ1v) is 11.2. The van der Waals surface area contributed by atoms with Crippen LogP contribution in [0, 0.1) is 0 Å². The topological polar surface area (TPSA) is 83.3 Å². The Labute approximate surface area is 178 Å². The number of rotatable bonds is 5. The fourth-order valence-corrected chi connectivity index (χ4v) is 4.88. The lowest BCUT2D eigenvalue weighted by molar-refractivity contribution is -0.195. The van der Waals surface area contributed by atoms with Gasteiger partial charge in [-0.15, -0.1) is 0 Å². The van der Waals surface area contributed by atoms with E-state index in [2.05, 4.69) is 36.2 Å². The van der Waals surface area contributed by atoms with Crippen LogP contribution in [0.5, 0.6) is 0 Å². The van der Waals surface area contributed by atoms with E-state index < -0.39 is 5.79 Å². The van der Waals surface area contributed by atoms with Crippen LogP contribution in [-0.4, -0.2) is 49.7 Å². The SMILES string of the molecule is CC1(C)OC2C(CC=CBr)OC(n3cnc4c(NC5CCCC5)ncnc43)C2O1. The molecule has 3 aliphatic rings. The molecule has 1 N–H and O–H groups in total. The van der Waals surface area contributed by atoms with E-state index in [1.54, 1.807) is 12.7 Å². The van der Waals surface area contributed by atoms with E-state index in [1.165, 1.54) is 25.7 Å². The number of ether oxygens (including phenoxy) is 3. The van der Waals surface area contributed by atoms with Crippen LogP contribution < -0.4 is 5.32 Å². The fourth-order valence-electron chi connectivity index (χ4n) is 4.67. The van der Waals surface area contributed by atoms with Gasteiger partial charge in [-0.1, -0.05) is 34.8 Å². The number of nitrogens with zero attached hydrogens (tertiary/aromatic N) is 4. The summed E-state index contributed by atoms with van der Waals surface area (Å²) < 4.78 is 20.7. The van der Waals surface area contributed by atoms with Crippen molar-refractivity contribution < 1.29 is 14.2 Å². The number of aromatic nitrogens is 4. The molecule has 1 saturated carbocycles. The molecule has 0 aromatic carbocycles. The molecule has 4 atom stereocenters. The number of imidazole rings is 1. The van der Waals surface area contributed by atoms with Crippen molar-refractivity contribution in [1.82, 2.24) is 19.5 Å². The second-order valence-corrected chi connectivity index (χ2v) is 8.93. The molecular formula is C20H26BrN5O3. The number of fused-ring (bicyclic) bond motifs is 2. The van der Waals surface area contributed by atoms with Crippen LogP contribution >= 0.6 is 15.9 Å². The molecule has 0 bridgehead atoms. The van der Waals surface area contributed by atoms with Crippen molar-refractivity contribution in [2.75, 3.05) is 5.32 Å². The van der Waals surface area contributed by atoms with Crippen molar-refractivity contribution in [2.24, 2.45) is 0 Å². The summed E-state index contributed by atoms with van der Waals surface area (Å²) in [6, 6.07) is 0.457. The summed E-state index contributed by atoms with van der Waals surface area (Å²) in [5.41, 5.74) is 1.51. The highest BCUT2D eigenvalue weighted by Crippen LogP contribution is 2.44. The highest BCUT2D eigenvalue weighted by atomic mass is 79.9. The maximum atomic E-state index is 6.37. The van der Waals surface area contributed by atoms with Crippen molar-refractivity contribution in [3.63, 3.8) is 0 Å². The van der Waals surface area contributed by atoms with E-state index >= 15 is 0 Å². The quantitative estimate of drug-likeness (QED) is 0.719. The Morgan fingerprint density at radius 1 is 1.21 bits per heavy atom. The Kier molecular flexibility index (Phi) is 5.09.